The normalized spacial score (nSPS) is 12.6. The molecule has 0 spiro atoms. The lowest BCUT2D eigenvalue weighted by Gasteiger charge is -1.90. The van der Waals surface area contributed by atoms with Crippen molar-refractivity contribution in [3.05, 3.63) is 0 Å². The fourth-order valence-corrected chi connectivity index (χ4v) is 0.662. The van der Waals surface area contributed by atoms with Gasteiger partial charge in [0.1, 0.15) is 7.11 Å². The molecule has 0 amide bonds. The van der Waals surface area contributed by atoms with E-state index in [-0.39, 0.29) is 0 Å². The number of aliphatic imine (C=N–C) groups is 1. The first kappa shape index (κ1) is 8.49. The van der Waals surface area contributed by atoms with E-state index in [0.29, 0.717) is 5.17 Å². The summed E-state index contributed by atoms with van der Waals surface area (Å²) in [5.74, 6) is 0. The van der Waals surface area contributed by atoms with Gasteiger partial charge in [-0.3, -0.25) is 0 Å². The standard InChI is InChI=1S/C5H10N2OS/c1-4-6-5(9-3)7-8-2/h4H,1-3H3/b6-4-,7-5+. The van der Waals surface area contributed by atoms with Crippen molar-refractivity contribution in [2.24, 2.45) is 10.1 Å². The minimum Gasteiger partial charge on any atom is -0.397 e. The molecule has 0 aliphatic carbocycles. The first-order valence-electron chi connectivity index (χ1n) is 2.49. The Morgan fingerprint density at radius 3 is 2.67 bits per heavy atom. The third-order valence-corrected chi connectivity index (χ3v) is 1.14. The Balaban J connectivity index is 3.81. The summed E-state index contributed by atoms with van der Waals surface area (Å²) in [7, 11) is 1.50. The zero-order chi connectivity index (χ0) is 7.11. The summed E-state index contributed by atoms with van der Waals surface area (Å²) >= 11 is 1.45. The molecule has 0 saturated carbocycles. The minimum atomic E-state index is 0.639. The fraction of sp³-hybridized carbons (Fsp3) is 0.600. The number of oxime groups is 1. The van der Waals surface area contributed by atoms with Crippen molar-refractivity contribution < 1.29 is 4.84 Å². The summed E-state index contributed by atoms with van der Waals surface area (Å²) in [5, 5.41) is 4.25. The Hall–Kier alpha value is -0.510. The number of hydrogen-bond donors (Lipinski definition) is 0. The maximum Gasteiger partial charge on any atom is 0.225 e. The summed E-state index contributed by atoms with van der Waals surface area (Å²) in [6.07, 6.45) is 3.57. The highest BCUT2D eigenvalue weighted by Crippen LogP contribution is 1.98. The largest absolute Gasteiger partial charge is 0.397 e. The van der Waals surface area contributed by atoms with Crippen LogP contribution in [0.5, 0.6) is 0 Å². The van der Waals surface area contributed by atoms with E-state index in [2.05, 4.69) is 15.0 Å². The van der Waals surface area contributed by atoms with Crippen LogP contribution in [0.15, 0.2) is 10.1 Å². The van der Waals surface area contributed by atoms with Crippen LogP contribution in [0.3, 0.4) is 0 Å². The molecule has 0 aromatic heterocycles. The molecule has 0 fully saturated rings. The van der Waals surface area contributed by atoms with Crippen molar-refractivity contribution >= 4 is 23.1 Å². The molecule has 9 heavy (non-hydrogen) atoms. The molecule has 0 heterocycles. The lowest BCUT2D eigenvalue weighted by atomic mass is 10.9. The van der Waals surface area contributed by atoms with Gasteiger partial charge in [-0.1, -0.05) is 16.9 Å². The summed E-state index contributed by atoms with van der Waals surface area (Å²) in [5.41, 5.74) is 0. The minimum absolute atomic E-state index is 0.639. The highest BCUT2D eigenvalue weighted by molar-refractivity contribution is 8.13. The first-order valence-corrected chi connectivity index (χ1v) is 3.71. The topological polar surface area (TPSA) is 34.0 Å². The molecular weight excluding hydrogens is 136 g/mol. The summed E-state index contributed by atoms with van der Waals surface area (Å²) in [4.78, 5) is 8.40. The van der Waals surface area contributed by atoms with Crippen LogP contribution in [0.1, 0.15) is 6.92 Å². The van der Waals surface area contributed by atoms with Crippen molar-refractivity contribution in [1.82, 2.24) is 0 Å². The molecular formula is C5H10N2OS. The van der Waals surface area contributed by atoms with E-state index < -0.39 is 0 Å². The molecule has 0 N–H and O–H groups in total. The Morgan fingerprint density at radius 2 is 2.33 bits per heavy atom. The van der Waals surface area contributed by atoms with E-state index in [9.17, 15) is 0 Å². The number of amidine groups is 1. The van der Waals surface area contributed by atoms with E-state index in [4.69, 9.17) is 0 Å². The average molecular weight is 146 g/mol. The molecule has 0 aromatic rings. The van der Waals surface area contributed by atoms with Crippen LogP contribution in [0, 0.1) is 0 Å². The Bertz CT molecular complexity index is 122. The Morgan fingerprint density at radius 1 is 1.67 bits per heavy atom. The number of thioether (sulfide) groups is 1. The van der Waals surface area contributed by atoms with E-state index in [1.54, 1.807) is 6.21 Å². The molecule has 0 aliphatic heterocycles. The van der Waals surface area contributed by atoms with Gasteiger partial charge in [0.25, 0.3) is 0 Å². The van der Waals surface area contributed by atoms with Crippen LogP contribution in [0.4, 0.5) is 0 Å². The number of hydrogen-bond acceptors (Lipinski definition) is 3. The van der Waals surface area contributed by atoms with Gasteiger partial charge >= 0.3 is 0 Å². The monoisotopic (exact) mass is 146 g/mol. The van der Waals surface area contributed by atoms with Crippen LogP contribution in [0.2, 0.25) is 0 Å². The third-order valence-electron chi connectivity index (χ3n) is 0.591. The predicted molar refractivity (Wildman–Crippen MR) is 42.1 cm³/mol. The molecule has 0 atom stereocenters. The summed E-state index contributed by atoms with van der Waals surface area (Å²) in [6, 6.07) is 0. The van der Waals surface area contributed by atoms with E-state index in [0.717, 1.165) is 0 Å². The Labute approximate surface area is 59.2 Å². The van der Waals surface area contributed by atoms with Gasteiger partial charge in [0, 0.05) is 6.21 Å². The van der Waals surface area contributed by atoms with Crippen LogP contribution < -0.4 is 0 Å². The van der Waals surface area contributed by atoms with Gasteiger partial charge in [-0.2, -0.15) is 0 Å². The summed E-state index contributed by atoms with van der Waals surface area (Å²) in [6.45, 7) is 1.83. The lowest BCUT2D eigenvalue weighted by molar-refractivity contribution is 0.214. The van der Waals surface area contributed by atoms with Gasteiger partial charge in [0.2, 0.25) is 5.17 Å². The number of nitrogens with zero attached hydrogens (tertiary/aromatic N) is 2. The molecule has 3 nitrogen and oxygen atoms in total. The second kappa shape index (κ2) is 5.62. The molecule has 0 saturated heterocycles. The molecule has 0 aromatic carbocycles. The lowest BCUT2D eigenvalue weighted by Crippen LogP contribution is -1.86. The maximum absolute atomic E-state index is 4.50. The molecule has 52 valence electrons. The predicted octanol–water partition coefficient (Wildman–Crippen LogP) is 1.36. The van der Waals surface area contributed by atoms with Gasteiger partial charge in [-0.05, 0) is 13.2 Å². The third kappa shape index (κ3) is 4.02. The van der Waals surface area contributed by atoms with Crippen molar-refractivity contribution in [1.29, 1.82) is 0 Å². The highest BCUT2D eigenvalue weighted by atomic mass is 32.2. The van der Waals surface area contributed by atoms with Crippen LogP contribution >= 0.6 is 11.8 Å². The second-order valence-corrected chi connectivity index (χ2v) is 1.92. The highest BCUT2D eigenvalue weighted by Gasteiger charge is 1.88. The average Bonchev–Trinajstić information content (AvgIpc) is 1.88. The van der Waals surface area contributed by atoms with Gasteiger partial charge < -0.3 is 4.84 Å². The Kier molecular flexibility index (Phi) is 5.30. The van der Waals surface area contributed by atoms with Crippen LogP contribution in [-0.2, 0) is 4.84 Å². The SMILES string of the molecule is C/C=N\C(=N/OC)SC. The van der Waals surface area contributed by atoms with Crippen molar-refractivity contribution in [2.75, 3.05) is 13.4 Å². The smallest absolute Gasteiger partial charge is 0.225 e. The molecule has 0 unspecified atom stereocenters. The maximum atomic E-state index is 4.50. The number of rotatable bonds is 1. The molecule has 0 bridgehead atoms. The van der Waals surface area contributed by atoms with Crippen molar-refractivity contribution in [2.45, 2.75) is 6.92 Å². The van der Waals surface area contributed by atoms with E-state index in [1.165, 1.54) is 18.9 Å². The van der Waals surface area contributed by atoms with Crippen molar-refractivity contribution in [3.63, 3.8) is 0 Å². The van der Waals surface area contributed by atoms with Crippen LogP contribution in [0.25, 0.3) is 0 Å². The van der Waals surface area contributed by atoms with Gasteiger partial charge in [0.05, 0.1) is 0 Å². The molecule has 0 aliphatic rings. The zero-order valence-corrected chi connectivity index (χ0v) is 6.60. The van der Waals surface area contributed by atoms with Gasteiger partial charge in [-0.25, -0.2) is 4.99 Å². The zero-order valence-electron chi connectivity index (χ0n) is 5.79. The molecule has 0 radical (unpaired) electrons. The first-order chi connectivity index (χ1) is 4.35. The van der Waals surface area contributed by atoms with E-state index >= 15 is 0 Å². The molecule has 4 heteroatoms. The van der Waals surface area contributed by atoms with Crippen molar-refractivity contribution in [3.8, 4) is 0 Å². The van der Waals surface area contributed by atoms with E-state index in [1.807, 2.05) is 13.2 Å². The molecule has 0 rings (SSSR count). The van der Waals surface area contributed by atoms with Gasteiger partial charge in [0.15, 0.2) is 0 Å². The van der Waals surface area contributed by atoms with Crippen LogP contribution in [-0.4, -0.2) is 24.7 Å². The van der Waals surface area contributed by atoms with Gasteiger partial charge in [-0.15, -0.1) is 0 Å². The summed E-state index contributed by atoms with van der Waals surface area (Å²) < 4.78 is 0. The quantitative estimate of drug-likeness (QED) is 0.318. The fourth-order valence-electron chi connectivity index (χ4n) is 0.302. The second-order valence-electron chi connectivity index (χ2n) is 1.15.